The molecule has 1 heterocycles. The van der Waals surface area contributed by atoms with Crippen LogP contribution in [0.4, 0.5) is 0 Å². The van der Waals surface area contributed by atoms with Gasteiger partial charge in [-0.25, -0.2) is 4.98 Å². The zero-order valence-corrected chi connectivity index (χ0v) is 10.9. The molecule has 5 heteroatoms. The third-order valence-electron chi connectivity index (χ3n) is 3.17. The summed E-state index contributed by atoms with van der Waals surface area (Å²) in [5.74, 6) is 1.04. The maximum absolute atomic E-state index is 8.96. The minimum atomic E-state index is -0.161. The van der Waals surface area contributed by atoms with Crippen molar-refractivity contribution >= 4 is 5.84 Å². The number of aromatic nitrogens is 2. The van der Waals surface area contributed by atoms with Crippen molar-refractivity contribution in [2.45, 2.75) is 25.8 Å². The summed E-state index contributed by atoms with van der Waals surface area (Å²) in [7, 11) is 0. The molecule has 0 saturated heterocycles. The Balaban J connectivity index is 2.30. The molecule has 0 aliphatic heterocycles. The first-order chi connectivity index (χ1) is 9.26. The average Bonchev–Trinajstić information content (AvgIpc) is 2.92. The van der Waals surface area contributed by atoms with E-state index in [1.807, 2.05) is 41.1 Å². The normalized spacial score (nSPS) is 13.4. The summed E-state index contributed by atoms with van der Waals surface area (Å²) in [4.78, 5) is 4.29. The van der Waals surface area contributed by atoms with Gasteiger partial charge in [-0.15, -0.1) is 0 Å². The second kappa shape index (κ2) is 6.04. The Kier molecular flexibility index (Phi) is 4.18. The van der Waals surface area contributed by atoms with Crippen molar-refractivity contribution in [2.75, 3.05) is 0 Å². The van der Waals surface area contributed by atoms with Crippen molar-refractivity contribution in [2.24, 2.45) is 10.9 Å². The lowest BCUT2D eigenvalue weighted by molar-refractivity contribution is 0.315. The molecular weight excluding hydrogens is 240 g/mol. The Morgan fingerprint density at radius 2 is 2.16 bits per heavy atom. The number of aryl methyl sites for hydroxylation is 1. The summed E-state index contributed by atoms with van der Waals surface area (Å²) in [5.41, 5.74) is 6.85. The second-order valence-corrected chi connectivity index (χ2v) is 4.34. The van der Waals surface area contributed by atoms with E-state index in [4.69, 9.17) is 10.9 Å². The number of amidine groups is 1. The van der Waals surface area contributed by atoms with Crippen LogP contribution in [0, 0.1) is 0 Å². The Morgan fingerprint density at radius 3 is 2.79 bits per heavy atom. The number of oxime groups is 1. The predicted molar refractivity (Wildman–Crippen MR) is 74.2 cm³/mol. The molecule has 1 aromatic carbocycles. The van der Waals surface area contributed by atoms with Gasteiger partial charge in [-0.2, -0.15) is 0 Å². The molecule has 2 rings (SSSR count). The van der Waals surface area contributed by atoms with Gasteiger partial charge in [-0.05, 0) is 5.56 Å². The lowest BCUT2D eigenvalue weighted by Crippen LogP contribution is -2.26. The monoisotopic (exact) mass is 258 g/mol. The zero-order valence-electron chi connectivity index (χ0n) is 10.9. The van der Waals surface area contributed by atoms with Gasteiger partial charge >= 0.3 is 0 Å². The fourth-order valence-corrected chi connectivity index (χ4v) is 2.14. The molecule has 5 nitrogen and oxygen atoms in total. The lowest BCUT2D eigenvalue weighted by Gasteiger charge is -2.17. The van der Waals surface area contributed by atoms with Crippen LogP contribution in [0.5, 0.6) is 0 Å². The van der Waals surface area contributed by atoms with E-state index in [1.165, 1.54) is 0 Å². The molecular formula is C14H18N4O. The maximum Gasteiger partial charge on any atom is 0.148 e. The highest BCUT2D eigenvalue weighted by Gasteiger charge is 2.18. The van der Waals surface area contributed by atoms with E-state index in [2.05, 4.69) is 17.1 Å². The van der Waals surface area contributed by atoms with Gasteiger partial charge in [0.2, 0.25) is 0 Å². The van der Waals surface area contributed by atoms with Crippen LogP contribution in [0.3, 0.4) is 0 Å². The number of hydrogen-bond acceptors (Lipinski definition) is 3. The quantitative estimate of drug-likeness (QED) is 0.372. The Hall–Kier alpha value is -2.30. The molecule has 3 N–H and O–H groups in total. The second-order valence-electron chi connectivity index (χ2n) is 4.34. The summed E-state index contributed by atoms with van der Waals surface area (Å²) < 4.78 is 2.04. The van der Waals surface area contributed by atoms with Gasteiger partial charge in [0.25, 0.3) is 0 Å². The lowest BCUT2D eigenvalue weighted by atomic mass is 9.98. The third kappa shape index (κ3) is 2.93. The van der Waals surface area contributed by atoms with Gasteiger partial charge in [0, 0.05) is 25.4 Å². The smallest absolute Gasteiger partial charge is 0.148 e. The van der Waals surface area contributed by atoms with Gasteiger partial charge < -0.3 is 15.5 Å². The predicted octanol–water partition coefficient (Wildman–Crippen LogP) is 1.98. The van der Waals surface area contributed by atoms with E-state index < -0.39 is 0 Å². The largest absolute Gasteiger partial charge is 0.409 e. The van der Waals surface area contributed by atoms with Crippen molar-refractivity contribution < 1.29 is 5.21 Å². The van der Waals surface area contributed by atoms with Gasteiger partial charge in [0.1, 0.15) is 11.7 Å². The van der Waals surface area contributed by atoms with Gasteiger partial charge in [0.05, 0.1) is 5.92 Å². The molecule has 1 aromatic heterocycles. The number of nitrogens with zero attached hydrogens (tertiary/aromatic N) is 3. The fraction of sp³-hybridized carbons (Fsp3) is 0.286. The minimum Gasteiger partial charge on any atom is -0.409 e. The van der Waals surface area contributed by atoms with E-state index in [0.29, 0.717) is 6.54 Å². The number of nitrogens with two attached hydrogens (primary N) is 1. The van der Waals surface area contributed by atoms with Gasteiger partial charge in [0.15, 0.2) is 0 Å². The first-order valence-corrected chi connectivity index (χ1v) is 6.28. The molecule has 100 valence electrons. The Morgan fingerprint density at radius 1 is 1.42 bits per heavy atom. The molecule has 0 saturated carbocycles. The van der Waals surface area contributed by atoms with Crippen LogP contribution in [-0.2, 0) is 13.0 Å². The van der Waals surface area contributed by atoms with Crippen LogP contribution < -0.4 is 5.73 Å². The number of benzene rings is 1. The SMILES string of the molecule is CCc1nccn1CC(C(N)=NO)c1ccccc1. The van der Waals surface area contributed by atoms with E-state index >= 15 is 0 Å². The summed E-state index contributed by atoms with van der Waals surface area (Å²) in [5, 5.41) is 12.1. The fourth-order valence-electron chi connectivity index (χ4n) is 2.14. The Bertz CT molecular complexity index is 548. The number of imidazole rings is 1. The maximum atomic E-state index is 8.96. The standard InChI is InChI=1S/C14H18N4O/c1-2-13-16-8-9-18(13)10-12(14(15)17-19)11-6-4-3-5-7-11/h3-9,12,19H,2,10H2,1H3,(H2,15,17). The minimum absolute atomic E-state index is 0.161. The topological polar surface area (TPSA) is 76.4 Å². The van der Waals surface area contributed by atoms with Crippen LogP contribution in [0.15, 0.2) is 47.9 Å². The molecule has 0 amide bonds. The van der Waals surface area contributed by atoms with Crippen LogP contribution in [-0.4, -0.2) is 20.6 Å². The molecule has 19 heavy (non-hydrogen) atoms. The molecule has 0 aliphatic carbocycles. The zero-order chi connectivity index (χ0) is 13.7. The van der Waals surface area contributed by atoms with Gasteiger partial charge in [-0.3, -0.25) is 0 Å². The molecule has 1 atom stereocenters. The van der Waals surface area contributed by atoms with E-state index in [-0.39, 0.29) is 11.8 Å². The Labute approximate surface area is 112 Å². The molecule has 2 aromatic rings. The van der Waals surface area contributed by atoms with Crippen molar-refractivity contribution in [3.05, 3.63) is 54.1 Å². The van der Waals surface area contributed by atoms with E-state index in [1.54, 1.807) is 6.20 Å². The highest BCUT2D eigenvalue weighted by Crippen LogP contribution is 2.19. The van der Waals surface area contributed by atoms with Gasteiger partial charge in [-0.1, -0.05) is 42.4 Å². The van der Waals surface area contributed by atoms with Crippen LogP contribution in [0.2, 0.25) is 0 Å². The first kappa shape index (κ1) is 13.1. The summed E-state index contributed by atoms with van der Waals surface area (Å²) in [6.45, 7) is 2.67. The molecule has 0 bridgehead atoms. The first-order valence-electron chi connectivity index (χ1n) is 6.28. The molecule has 0 radical (unpaired) electrons. The van der Waals surface area contributed by atoms with Crippen molar-refractivity contribution in [3.63, 3.8) is 0 Å². The third-order valence-corrected chi connectivity index (χ3v) is 3.17. The highest BCUT2D eigenvalue weighted by atomic mass is 16.4. The molecule has 1 unspecified atom stereocenters. The summed E-state index contributed by atoms with van der Waals surface area (Å²) in [6.07, 6.45) is 4.54. The highest BCUT2D eigenvalue weighted by molar-refractivity contribution is 5.86. The number of hydrogen-bond donors (Lipinski definition) is 2. The molecule has 0 fully saturated rings. The van der Waals surface area contributed by atoms with Crippen LogP contribution >= 0.6 is 0 Å². The van der Waals surface area contributed by atoms with Crippen molar-refractivity contribution in [3.8, 4) is 0 Å². The number of rotatable bonds is 5. The summed E-state index contributed by atoms with van der Waals surface area (Å²) >= 11 is 0. The van der Waals surface area contributed by atoms with E-state index in [0.717, 1.165) is 17.8 Å². The van der Waals surface area contributed by atoms with E-state index in [9.17, 15) is 0 Å². The molecule has 0 aliphatic rings. The van der Waals surface area contributed by atoms with Crippen molar-refractivity contribution in [1.82, 2.24) is 9.55 Å². The average molecular weight is 258 g/mol. The van der Waals surface area contributed by atoms with Crippen LogP contribution in [0.1, 0.15) is 24.2 Å². The van der Waals surface area contributed by atoms with Crippen molar-refractivity contribution in [1.29, 1.82) is 0 Å². The summed E-state index contributed by atoms with van der Waals surface area (Å²) in [6, 6.07) is 9.79. The van der Waals surface area contributed by atoms with Crippen LogP contribution in [0.25, 0.3) is 0 Å². The molecule has 0 spiro atoms.